The molecule has 1 N–H and O–H groups in total. The number of hydrogen-bond donors (Lipinski definition) is 1. The fraction of sp³-hybridized carbons (Fsp3) is 0.375. The van der Waals surface area contributed by atoms with E-state index < -0.39 is 0 Å². The number of halogens is 1. The second kappa shape index (κ2) is 8.22. The third-order valence-corrected chi connectivity index (χ3v) is 3.82. The van der Waals surface area contributed by atoms with E-state index in [0.29, 0.717) is 0 Å². The minimum atomic E-state index is 0.737. The lowest BCUT2D eigenvalue weighted by molar-refractivity contribution is 0.199. The fourth-order valence-electron chi connectivity index (χ4n) is 2.12. The Kier molecular flexibility index (Phi) is 6.29. The second-order valence-corrected chi connectivity index (χ2v) is 5.68. The first-order valence-electron chi connectivity index (χ1n) is 6.89. The molecule has 1 aromatic heterocycles. The van der Waals surface area contributed by atoms with Gasteiger partial charge in [-0.05, 0) is 45.3 Å². The summed E-state index contributed by atoms with van der Waals surface area (Å²) in [5, 5.41) is 3.34. The highest BCUT2D eigenvalue weighted by atomic mass is 79.9. The first-order valence-corrected chi connectivity index (χ1v) is 7.69. The normalized spacial score (nSPS) is 10.8. The Morgan fingerprint density at radius 1 is 1.19 bits per heavy atom. The molecule has 1 heterocycles. The summed E-state index contributed by atoms with van der Waals surface area (Å²) >= 11 is 3.52. The number of hydrogen-bond acceptors (Lipinski definition) is 3. The molecule has 2 rings (SSSR count). The number of rotatable bonds is 8. The van der Waals surface area contributed by atoms with E-state index in [1.807, 2.05) is 6.07 Å². The average molecular weight is 353 g/mol. The Labute approximate surface area is 134 Å². The smallest absolute Gasteiger partial charge is 0.133 e. The van der Waals surface area contributed by atoms with E-state index in [9.17, 15) is 0 Å². The molecule has 0 aliphatic carbocycles. The molecule has 1 aromatic carbocycles. The van der Waals surface area contributed by atoms with Gasteiger partial charge in [0.1, 0.15) is 5.75 Å². The second-order valence-electron chi connectivity index (χ2n) is 4.83. The van der Waals surface area contributed by atoms with E-state index in [4.69, 9.17) is 9.47 Å². The van der Waals surface area contributed by atoms with E-state index in [1.54, 1.807) is 14.2 Å². The van der Waals surface area contributed by atoms with Gasteiger partial charge in [0.25, 0.3) is 0 Å². The molecule has 5 heteroatoms. The van der Waals surface area contributed by atoms with Gasteiger partial charge in [0, 0.05) is 39.1 Å². The molecule has 0 aliphatic rings. The Bertz CT molecular complexity index is 569. The quantitative estimate of drug-likeness (QED) is 0.741. The zero-order valence-corrected chi connectivity index (χ0v) is 14.0. The monoisotopic (exact) mass is 352 g/mol. The van der Waals surface area contributed by atoms with Crippen LogP contribution in [0.15, 0.2) is 41.1 Å². The lowest BCUT2D eigenvalue weighted by Crippen LogP contribution is -2.18. The van der Waals surface area contributed by atoms with Crippen molar-refractivity contribution in [2.24, 2.45) is 0 Å². The molecule has 0 radical (unpaired) electrons. The van der Waals surface area contributed by atoms with Gasteiger partial charge in [-0.25, -0.2) is 0 Å². The highest BCUT2D eigenvalue weighted by Gasteiger charge is 2.03. The number of nitrogens with one attached hydrogen (secondary N) is 1. The molecule has 0 saturated heterocycles. The van der Waals surface area contributed by atoms with Gasteiger partial charge >= 0.3 is 0 Å². The van der Waals surface area contributed by atoms with E-state index in [0.717, 1.165) is 36.5 Å². The molecule has 114 valence electrons. The zero-order chi connectivity index (χ0) is 15.1. The number of methoxy groups -OCH3 is 2. The summed E-state index contributed by atoms with van der Waals surface area (Å²) in [6.07, 6.45) is 4.27. The van der Waals surface area contributed by atoms with Crippen LogP contribution < -0.4 is 10.1 Å². The summed E-state index contributed by atoms with van der Waals surface area (Å²) in [6, 6.07) is 8.30. The van der Waals surface area contributed by atoms with Gasteiger partial charge < -0.3 is 19.4 Å². The maximum Gasteiger partial charge on any atom is 0.133 e. The predicted octanol–water partition coefficient (Wildman–Crippen LogP) is 3.04. The van der Waals surface area contributed by atoms with Crippen molar-refractivity contribution in [2.75, 3.05) is 27.4 Å². The molecule has 0 amide bonds. The third-order valence-electron chi connectivity index (χ3n) is 3.21. The molecule has 0 aliphatic heterocycles. The van der Waals surface area contributed by atoms with E-state index in [-0.39, 0.29) is 0 Å². The Hall–Kier alpha value is -1.30. The van der Waals surface area contributed by atoms with Crippen LogP contribution >= 0.6 is 15.9 Å². The molecule has 0 atom stereocenters. The maximum atomic E-state index is 5.25. The average Bonchev–Trinajstić information content (AvgIpc) is 2.91. The van der Waals surface area contributed by atoms with Crippen molar-refractivity contribution in [1.82, 2.24) is 9.88 Å². The largest absolute Gasteiger partial charge is 0.496 e. The van der Waals surface area contributed by atoms with Crippen LogP contribution in [0.25, 0.3) is 0 Å². The first kappa shape index (κ1) is 16.1. The summed E-state index contributed by atoms with van der Waals surface area (Å²) in [5.41, 5.74) is 2.51. The summed E-state index contributed by atoms with van der Waals surface area (Å²) < 4.78 is 13.4. The molecular formula is C16H21BrN2O2. The third kappa shape index (κ3) is 4.88. The summed E-state index contributed by atoms with van der Waals surface area (Å²) in [5.74, 6) is 0.856. The predicted molar refractivity (Wildman–Crippen MR) is 87.8 cm³/mol. The number of nitrogens with zero attached hydrogens (tertiary/aromatic N) is 1. The molecule has 21 heavy (non-hydrogen) atoms. The van der Waals surface area contributed by atoms with Crippen LogP contribution in [0, 0.1) is 0 Å². The van der Waals surface area contributed by atoms with Crippen molar-refractivity contribution < 1.29 is 9.47 Å². The van der Waals surface area contributed by atoms with Crippen LogP contribution in [0.5, 0.6) is 5.75 Å². The standard InChI is InChI=1S/C16H21BrN2O2/c1-20-8-6-18-10-14-5-7-19(12-14)11-13-3-4-16(21-2)15(17)9-13/h3-5,7,9,12,18H,6,8,10-11H2,1-2H3. The van der Waals surface area contributed by atoms with Crippen LogP contribution in [0.1, 0.15) is 11.1 Å². The van der Waals surface area contributed by atoms with Crippen molar-refractivity contribution in [2.45, 2.75) is 13.1 Å². The summed E-state index contributed by atoms with van der Waals surface area (Å²) in [6.45, 7) is 3.32. The van der Waals surface area contributed by atoms with Gasteiger partial charge in [-0.15, -0.1) is 0 Å². The van der Waals surface area contributed by atoms with Gasteiger partial charge in [0.15, 0.2) is 0 Å². The lowest BCUT2D eigenvalue weighted by atomic mass is 10.2. The number of benzene rings is 1. The summed E-state index contributed by atoms with van der Waals surface area (Å²) in [4.78, 5) is 0. The Balaban J connectivity index is 1.91. The van der Waals surface area contributed by atoms with Gasteiger partial charge in [0.05, 0.1) is 18.2 Å². The number of aromatic nitrogens is 1. The minimum Gasteiger partial charge on any atom is -0.496 e. The van der Waals surface area contributed by atoms with Gasteiger partial charge in [-0.3, -0.25) is 0 Å². The van der Waals surface area contributed by atoms with Gasteiger partial charge in [-0.1, -0.05) is 6.07 Å². The Morgan fingerprint density at radius 3 is 2.76 bits per heavy atom. The topological polar surface area (TPSA) is 35.4 Å². The van der Waals surface area contributed by atoms with Crippen LogP contribution in [0.3, 0.4) is 0 Å². The van der Waals surface area contributed by atoms with Crippen molar-refractivity contribution in [3.8, 4) is 5.75 Å². The highest BCUT2D eigenvalue weighted by Crippen LogP contribution is 2.25. The van der Waals surface area contributed by atoms with E-state index in [1.165, 1.54) is 11.1 Å². The van der Waals surface area contributed by atoms with Gasteiger partial charge in [-0.2, -0.15) is 0 Å². The molecule has 0 bridgehead atoms. The van der Waals surface area contributed by atoms with Crippen LogP contribution in [-0.4, -0.2) is 31.9 Å². The SMILES string of the molecule is COCCNCc1ccn(Cc2ccc(OC)c(Br)c2)c1. The highest BCUT2D eigenvalue weighted by molar-refractivity contribution is 9.10. The molecule has 0 unspecified atom stereocenters. The van der Waals surface area contributed by atoms with E-state index in [2.05, 4.69) is 56.4 Å². The van der Waals surface area contributed by atoms with E-state index >= 15 is 0 Å². The molecule has 4 nitrogen and oxygen atoms in total. The molecule has 0 spiro atoms. The Morgan fingerprint density at radius 2 is 2.05 bits per heavy atom. The molecular weight excluding hydrogens is 332 g/mol. The van der Waals surface area contributed by atoms with Crippen LogP contribution in [-0.2, 0) is 17.8 Å². The zero-order valence-electron chi connectivity index (χ0n) is 12.4. The molecule has 0 saturated carbocycles. The molecule has 0 fully saturated rings. The molecule has 2 aromatic rings. The number of ether oxygens (including phenoxy) is 2. The maximum absolute atomic E-state index is 5.25. The lowest BCUT2D eigenvalue weighted by Gasteiger charge is -2.07. The van der Waals surface area contributed by atoms with Crippen LogP contribution in [0.4, 0.5) is 0 Å². The summed E-state index contributed by atoms with van der Waals surface area (Å²) in [7, 11) is 3.39. The van der Waals surface area contributed by atoms with Crippen molar-refractivity contribution in [1.29, 1.82) is 0 Å². The van der Waals surface area contributed by atoms with Crippen molar-refractivity contribution >= 4 is 15.9 Å². The van der Waals surface area contributed by atoms with Crippen molar-refractivity contribution in [3.05, 3.63) is 52.3 Å². The minimum absolute atomic E-state index is 0.737. The van der Waals surface area contributed by atoms with Gasteiger partial charge in [0.2, 0.25) is 0 Å². The first-order chi connectivity index (χ1) is 10.2. The van der Waals surface area contributed by atoms with Crippen LogP contribution in [0.2, 0.25) is 0 Å². The fourth-order valence-corrected chi connectivity index (χ4v) is 2.71. The van der Waals surface area contributed by atoms with Crippen molar-refractivity contribution in [3.63, 3.8) is 0 Å².